The summed E-state index contributed by atoms with van der Waals surface area (Å²) in [5, 5.41) is 2.57. The molecule has 0 saturated carbocycles. The van der Waals surface area contributed by atoms with Gasteiger partial charge in [-0.25, -0.2) is 0 Å². The Morgan fingerprint density at radius 2 is 1.35 bits per heavy atom. The summed E-state index contributed by atoms with van der Waals surface area (Å²) in [6, 6.07) is 26.3. The van der Waals surface area contributed by atoms with Crippen LogP contribution in [0.25, 0.3) is 33.0 Å². The second kappa shape index (κ2) is 4.79. The molecule has 0 atom stereocenters. The van der Waals surface area contributed by atoms with Gasteiger partial charge in [0.05, 0.1) is 0 Å². The van der Waals surface area contributed by atoms with E-state index in [2.05, 4.69) is 77.8 Å². The van der Waals surface area contributed by atoms with Crippen molar-refractivity contribution in [3.8, 4) is 22.3 Å². The van der Waals surface area contributed by atoms with E-state index in [1.54, 1.807) is 0 Å². The molecule has 4 bridgehead atoms. The van der Waals surface area contributed by atoms with E-state index in [-0.39, 0.29) is 0 Å². The molecule has 3 heterocycles. The molecule has 0 N–H and O–H groups in total. The Labute approximate surface area is 135 Å². The monoisotopic (exact) mass is 293 g/mol. The van der Waals surface area contributed by atoms with Crippen molar-refractivity contribution in [3.63, 3.8) is 0 Å². The predicted molar refractivity (Wildman–Crippen MR) is 95.4 cm³/mol. The summed E-state index contributed by atoms with van der Waals surface area (Å²) in [6.45, 7) is 0. The SMILES string of the molecule is c1cc2c3c(cccc3c1)-c1ccc(nc1)Cc1ccc-2cc1. The van der Waals surface area contributed by atoms with Crippen LogP contribution in [0.4, 0.5) is 0 Å². The van der Waals surface area contributed by atoms with Gasteiger partial charge in [0, 0.05) is 23.9 Å². The molecular weight excluding hydrogens is 278 g/mol. The average Bonchev–Trinajstić information content (AvgIpc) is 2.61. The first-order valence-electron chi connectivity index (χ1n) is 7.95. The highest BCUT2D eigenvalue weighted by molar-refractivity contribution is 6.06. The standard InChI is InChI=1S/C22H15N/c1-3-17-4-2-6-21-18-11-12-19(23-14-18)13-15-7-9-16(10-8-15)20(5-1)22(17)21/h1-12,14H,13H2. The lowest BCUT2D eigenvalue weighted by molar-refractivity contribution is 1.08. The molecular formula is C22H15N. The highest BCUT2D eigenvalue weighted by Gasteiger charge is 2.12. The molecule has 8 rings (SSSR count). The van der Waals surface area contributed by atoms with Gasteiger partial charge in [-0.2, -0.15) is 0 Å². The van der Waals surface area contributed by atoms with Crippen molar-refractivity contribution in [1.82, 2.24) is 4.98 Å². The molecule has 0 unspecified atom stereocenters. The summed E-state index contributed by atoms with van der Waals surface area (Å²) in [7, 11) is 0. The van der Waals surface area contributed by atoms with E-state index in [1.807, 2.05) is 6.20 Å². The first-order valence-corrected chi connectivity index (χ1v) is 7.95. The number of benzene rings is 3. The highest BCUT2D eigenvalue weighted by Crippen LogP contribution is 2.36. The number of aromatic nitrogens is 1. The van der Waals surface area contributed by atoms with Gasteiger partial charge in [-0.1, -0.05) is 66.7 Å². The Bertz CT molecular complexity index is 932. The van der Waals surface area contributed by atoms with E-state index in [9.17, 15) is 0 Å². The maximum absolute atomic E-state index is 4.67. The smallest absolute Gasteiger partial charge is 0.0447 e. The van der Waals surface area contributed by atoms with E-state index in [0.717, 1.165) is 12.1 Å². The fourth-order valence-electron chi connectivity index (χ4n) is 3.52. The Morgan fingerprint density at radius 3 is 2.04 bits per heavy atom. The Balaban J connectivity index is 1.98. The van der Waals surface area contributed by atoms with E-state index >= 15 is 0 Å². The molecule has 4 aliphatic rings. The third kappa shape index (κ3) is 1.97. The van der Waals surface area contributed by atoms with Gasteiger partial charge < -0.3 is 0 Å². The molecule has 0 saturated heterocycles. The minimum Gasteiger partial charge on any atom is -0.260 e. The number of hydrogen-bond donors (Lipinski definition) is 0. The maximum Gasteiger partial charge on any atom is 0.0447 e. The van der Waals surface area contributed by atoms with Gasteiger partial charge in [0.2, 0.25) is 0 Å². The number of pyridine rings is 1. The van der Waals surface area contributed by atoms with Crippen LogP contribution in [0, 0.1) is 0 Å². The fourth-order valence-corrected chi connectivity index (χ4v) is 3.52. The molecule has 108 valence electrons. The summed E-state index contributed by atoms with van der Waals surface area (Å²) < 4.78 is 0. The van der Waals surface area contributed by atoms with Crippen LogP contribution >= 0.6 is 0 Å². The largest absolute Gasteiger partial charge is 0.260 e. The predicted octanol–water partition coefficient (Wildman–Crippen LogP) is 5.47. The minimum absolute atomic E-state index is 0.881. The van der Waals surface area contributed by atoms with Crippen molar-refractivity contribution in [2.24, 2.45) is 0 Å². The van der Waals surface area contributed by atoms with Crippen molar-refractivity contribution in [1.29, 1.82) is 0 Å². The van der Waals surface area contributed by atoms with Crippen molar-refractivity contribution in [2.75, 3.05) is 0 Å². The van der Waals surface area contributed by atoms with Crippen molar-refractivity contribution >= 4 is 10.8 Å². The third-order valence-electron chi connectivity index (χ3n) is 4.69. The zero-order chi connectivity index (χ0) is 15.2. The van der Waals surface area contributed by atoms with Gasteiger partial charge in [-0.15, -0.1) is 0 Å². The first kappa shape index (κ1) is 12.6. The highest BCUT2D eigenvalue weighted by atomic mass is 14.7. The molecule has 0 radical (unpaired) electrons. The lowest BCUT2D eigenvalue weighted by Gasteiger charge is -2.14. The lowest BCUT2D eigenvalue weighted by atomic mass is 9.91. The van der Waals surface area contributed by atoms with Crippen LogP contribution in [0.3, 0.4) is 0 Å². The molecule has 2 aliphatic carbocycles. The molecule has 1 aromatic heterocycles. The first-order chi connectivity index (χ1) is 11.4. The third-order valence-corrected chi connectivity index (χ3v) is 4.69. The summed E-state index contributed by atoms with van der Waals surface area (Å²) in [4.78, 5) is 4.67. The second-order valence-corrected chi connectivity index (χ2v) is 6.12. The molecule has 0 fully saturated rings. The van der Waals surface area contributed by atoms with Crippen molar-refractivity contribution in [2.45, 2.75) is 6.42 Å². The number of rotatable bonds is 0. The van der Waals surface area contributed by atoms with Gasteiger partial charge in [0.1, 0.15) is 0 Å². The Kier molecular flexibility index (Phi) is 2.62. The van der Waals surface area contributed by atoms with E-state index in [1.165, 1.54) is 38.6 Å². The van der Waals surface area contributed by atoms with Crippen LogP contribution in [0.2, 0.25) is 0 Å². The molecule has 1 nitrogen and oxygen atoms in total. The molecule has 3 aromatic carbocycles. The zero-order valence-electron chi connectivity index (χ0n) is 12.7. The van der Waals surface area contributed by atoms with Crippen LogP contribution in [-0.4, -0.2) is 4.98 Å². The van der Waals surface area contributed by atoms with E-state index in [4.69, 9.17) is 0 Å². The summed E-state index contributed by atoms with van der Waals surface area (Å²) in [6.07, 6.45) is 2.89. The summed E-state index contributed by atoms with van der Waals surface area (Å²) in [5.74, 6) is 0. The Hall–Kier alpha value is -2.93. The second-order valence-electron chi connectivity index (χ2n) is 6.12. The van der Waals surface area contributed by atoms with E-state index in [0.29, 0.717) is 0 Å². The lowest BCUT2D eigenvalue weighted by Crippen LogP contribution is -1.95. The quantitative estimate of drug-likeness (QED) is 0.369. The van der Waals surface area contributed by atoms with Crippen LogP contribution in [0.15, 0.2) is 79.0 Å². The van der Waals surface area contributed by atoms with Gasteiger partial charge in [0.15, 0.2) is 0 Å². The van der Waals surface area contributed by atoms with Crippen LogP contribution in [0.5, 0.6) is 0 Å². The van der Waals surface area contributed by atoms with Gasteiger partial charge in [0.25, 0.3) is 0 Å². The Morgan fingerprint density at radius 1 is 0.652 bits per heavy atom. The average molecular weight is 293 g/mol. The molecule has 0 spiro atoms. The molecule has 1 heteroatoms. The molecule has 0 amide bonds. The minimum atomic E-state index is 0.881. The number of nitrogens with zero attached hydrogens (tertiary/aromatic N) is 1. The molecule has 23 heavy (non-hydrogen) atoms. The molecule has 4 aromatic rings. The van der Waals surface area contributed by atoms with Crippen LogP contribution < -0.4 is 0 Å². The summed E-state index contributed by atoms with van der Waals surface area (Å²) >= 11 is 0. The van der Waals surface area contributed by atoms with Gasteiger partial charge in [-0.3, -0.25) is 4.98 Å². The fraction of sp³-hybridized carbons (Fsp3) is 0.0455. The molecule has 2 aliphatic heterocycles. The number of hydrogen-bond acceptors (Lipinski definition) is 1. The maximum atomic E-state index is 4.67. The van der Waals surface area contributed by atoms with Crippen molar-refractivity contribution in [3.05, 3.63) is 90.3 Å². The summed E-state index contributed by atoms with van der Waals surface area (Å²) in [5.41, 5.74) is 7.41. The van der Waals surface area contributed by atoms with Crippen molar-refractivity contribution < 1.29 is 0 Å². The van der Waals surface area contributed by atoms with Gasteiger partial charge in [-0.05, 0) is 39.1 Å². The van der Waals surface area contributed by atoms with Crippen LogP contribution in [-0.2, 0) is 6.42 Å². The normalized spacial score (nSPS) is 12.2. The topological polar surface area (TPSA) is 12.9 Å². The van der Waals surface area contributed by atoms with Crippen LogP contribution in [0.1, 0.15) is 11.3 Å². The van der Waals surface area contributed by atoms with E-state index < -0.39 is 0 Å². The zero-order valence-corrected chi connectivity index (χ0v) is 12.7. The van der Waals surface area contributed by atoms with Gasteiger partial charge >= 0.3 is 0 Å².